The van der Waals surface area contributed by atoms with Crippen molar-refractivity contribution in [3.05, 3.63) is 60.8 Å². The number of hydrogen-bond acceptors (Lipinski definition) is 11. The summed E-state index contributed by atoms with van der Waals surface area (Å²) in [5.41, 5.74) is 0. The number of esters is 3. The van der Waals surface area contributed by atoms with Crippen LogP contribution >= 0.6 is 0 Å². The van der Waals surface area contributed by atoms with Crippen LogP contribution in [0, 0.1) is 0 Å². The van der Waals surface area contributed by atoms with Crippen molar-refractivity contribution >= 4 is 23.9 Å². The van der Waals surface area contributed by atoms with E-state index in [1.807, 2.05) is 0 Å². The first-order valence-electron chi connectivity index (χ1n) is 27.3. The van der Waals surface area contributed by atoms with Crippen LogP contribution in [0.3, 0.4) is 0 Å². The van der Waals surface area contributed by atoms with Crippen LogP contribution in [-0.4, -0.2) is 89.2 Å². The topological polar surface area (TPSA) is 175 Å². The summed E-state index contributed by atoms with van der Waals surface area (Å²) in [6, 6.07) is 0. The summed E-state index contributed by atoms with van der Waals surface area (Å²) in [4.78, 5) is 50.9. The lowest BCUT2D eigenvalue weighted by Crippen LogP contribution is -2.61. The molecule has 1 fully saturated rings. The third-order valence-corrected chi connectivity index (χ3v) is 12.0. The molecule has 6 unspecified atom stereocenters. The molecule has 3 N–H and O–H groups in total. The highest BCUT2D eigenvalue weighted by atomic mass is 16.7. The van der Waals surface area contributed by atoms with Gasteiger partial charge in [-0.25, -0.2) is 4.79 Å². The largest absolute Gasteiger partial charge is 0.479 e. The minimum Gasteiger partial charge on any atom is -0.479 e. The first kappa shape index (κ1) is 63.4. The number of aliphatic hydroxyl groups is 2. The molecule has 1 rings (SSSR count). The molecule has 1 aliphatic heterocycles. The lowest BCUT2D eigenvalue weighted by Gasteiger charge is -2.40. The van der Waals surface area contributed by atoms with E-state index in [0.29, 0.717) is 19.3 Å². The Morgan fingerprint density at radius 1 is 0.493 bits per heavy atom. The molecule has 0 aromatic rings. The van der Waals surface area contributed by atoms with Gasteiger partial charge in [-0.2, -0.15) is 0 Å². The standard InChI is InChI=1S/C57H96O12/c1-4-7-10-13-16-19-22-24-25-27-29-31-34-37-40-43-49(58)65-46-48(67-50(59)44-41-38-35-33-30-26-23-20-17-14-11-8-5-2)47-66-57-55(53(62)52(61)54(69-57)56(63)64)68-51(60)45-42-39-36-32-28-21-18-15-12-9-6-3/h8,11,15,17-18,20,24-26,30,48,52-55,57,61-62H,4-7,9-10,12-14,16,19,21-23,27-29,31-47H2,1-3H3,(H,63,64)/b11-8-,18-15-,20-17-,25-24-,30-26-. The molecular formula is C57H96O12. The number of aliphatic hydroxyl groups excluding tert-OH is 2. The van der Waals surface area contributed by atoms with Crippen LogP contribution in [0.15, 0.2) is 60.8 Å². The molecule has 6 atom stereocenters. The molecule has 12 nitrogen and oxygen atoms in total. The van der Waals surface area contributed by atoms with Crippen molar-refractivity contribution in [2.24, 2.45) is 0 Å². The Kier molecular flexibility index (Phi) is 41.9. The molecule has 1 aliphatic rings. The molecule has 69 heavy (non-hydrogen) atoms. The number of carboxylic acids is 1. The average molecular weight is 973 g/mol. The van der Waals surface area contributed by atoms with Crippen molar-refractivity contribution in [1.29, 1.82) is 0 Å². The van der Waals surface area contributed by atoms with Gasteiger partial charge in [0.1, 0.15) is 18.8 Å². The van der Waals surface area contributed by atoms with Gasteiger partial charge in [0.2, 0.25) is 0 Å². The van der Waals surface area contributed by atoms with Crippen LogP contribution < -0.4 is 0 Å². The zero-order valence-corrected chi connectivity index (χ0v) is 43.3. The Morgan fingerprint density at radius 2 is 0.928 bits per heavy atom. The fourth-order valence-electron chi connectivity index (χ4n) is 7.83. The Balaban J connectivity index is 2.75. The maximum Gasteiger partial charge on any atom is 0.335 e. The highest BCUT2D eigenvalue weighted by Crippen LogP contribution is 2.26. The summed E-state index contributed by atoms with van der Waals surface area (Å²) < 4.78 is 28.3. The van der Waals surface area contributed by atoms with E-state index in [2.05, 4.69) is 81.5 Å². The predicted molar refractivity (Wildman–Crippen MR) is 275 cm³/mol. The summed E-state index contributed by atoms with van der Waals surface area (Å²) in [6.07, 6.45) is 42.1. The Labute approximate surface area is 417 Å². The highest BCUT2D eigenvalue weighted by Gasteiger charge is 2.50. The van der Waals surface area contributed by atoms with Gasteiger partial charge >= 0.3 is 23.9 Å². The van der Waals surface area contributed by atoms with Crippen LogP contribution in [0.4, 0.5) is 0 Å². The zero-order chi connectivity index (χ0) is 50.4. The van der Waals surface area contributed by atoms with Gasteiger partial charge in [0.25, 0.3) is 0 Å². The van der Waals surface area contributed by atoms with Crippen molar-refractivity contribution in [3.8, 4) is 0 Å². The van der Waals surface area contributed by atoms with Crippen molar-refractivity contribution in [1.82, 2.24) is 0 Å². The van der Waals surface area contributed by atoms with E-state index in [1.165, 1.54) is 51.4 Å². The minimum absolute atomic E-state index is 0.0447. The number of aliphatic carboxylic acids is 1. The second kappa shape index (κ2) is 45.6. The molecule has 1 heterocycles. The molecular weight excluding hydrogens is 877 g/mol. The van der Waals surface area contributed by atoms with E-state index in [4.69, 9.17) is 23.7 Å². The van der Waals surface area contributed by atoms with Crippen LogP contribution in [0.5, 0.6) is 0 Å². The third-order valence-electron chi connectivity index (χ3n) is 12.0. The van der Waals surface area contributed by atoms with Gasteiger partial charge in [0.05, 0.1) is 6.61 Å². The maximum absolute atomic E-state index is 13.1. The molecule has 0 radical (unpaired) electrons. The summed E-state index contributed by atoms with van der Waals surface area (Å²) >= 11 is 0. The van der Waals surface area contributed by atoms with Crippen LogP contribution in [0.25, 0.3) is 0 Å². The van der Waals surface area contributed by atoms with Gasteiger partial charge in [-0.3, -0.25) is 14.4 Å². The molecule has 396 valence electrons. The van der Waals surface area contributed by atoms with Crippen LogP contribution in [0.1, 0.15) is 226 Å². The lowest BCUT2D eigenvalue weighted by molar-refractivity contribution is -0.301. The number of ether oxygens (including phenoxy) is 5. The van der Waals surface area contributed by atoms with Crippen molar-refractivity contribution in [2.45, 2.75) is 263 Å². The van der Waals surface area contributed by atoms with E-state index >= 15 is 0 Å². The summed E-state index contributed by atoms with van der Waals surface area (Å²) in [7, 11) is 0. The van der Waals surface area contributed by atoms with Gasteiger partial charge in [0.15, 0.2) is 24.6 Å². The number of carbonyl (C=O) groups is 4. The molecule has 0 aromatic heterocycles. The summed E-state index contributed by atoms with van der Waals surface area (Å²) in [6.45, 7) is 5.77. The van der Waals surface area contributed by atoms with Crippen LogP contribution in [-0.2, 0) is 42.9 Å². The van der Waals surface area contributed by atoms with E-state index < -0.39 is 67.3 Å². The molecule has 0 spiro atoms. The van der Waals surface area contributed by atoms with Crippen molar-refractivity contribution < 1.29 is 58.2 Å². The molecule has 0 bridgehead atoms. The molecule has 0 aromatic carbocycles. The van der Waals surface area contributed by atoms with Crippen LogP contribution in [0.2, 0.25) is 0 Å². The Morgan fingerprint density at radius 3 is 1.46 bits per heavy atom. The van der Waals surface area contributed by atoms with E-state index in [-0.39, 0.29) is 25.9 Å². The molecule has 12 heteroatoms. The monoisotopic (exact) mass is 973 g/mol. The molecule has 0 saturated carbocycles. The molecule has 1 saturated heterocycles. The van der Waals surface area contributed by atoms with Crippen molar-refractivity contribution in [3.63, 3.8) is 0 Å². The fraction of sp³-hybridized carbons (Fsp3) is 0.754. The number of carbonyl (C=O) groups excluding carboxylic acids is 3. The number of carboxylic acid groups (broad SMARTS) is 1. The fourth-order valence-corrected chi connectivity index (χ4v) is 7.83. The molecule has 0 aliphatic carbocycles. The summed E-state index contributed by atoms with van der Waals surface area (Å²) in [5, 5.41) is 31.3. The van der Waals surface area contributed by atoms with Gasteiger partial charge < -0.3 is 39.0 Å². The Hall–Kier alpha value is -3.58. The minimum atomic E-state index is -1.91. The quantitative estimate of drug-likeness (QED) is 0.0228. The second-order valence-electron chi connectivity index (χ2n) is 18.5. The second-order valence-corrected chi connectivity index (χ2v) is 18.5. The van der Waals surface area contributed by atoms with E-state index in [9.17, 15) is 34.5 Å². The van der Waals surface area contributed by atoms with Gasteiger partial charge in [-0.05, 0) is 96.3 Å². The first-order valence-corrected chi connectivity index (χ1v) is 27.3. The maximum atomic E-state index is 13.1. The lowest BCUT2D eigenvalue weighted by atomic mass is 9.98. The smallest absolute Gasteiger partial charge is 0.335 e. The van der Waals surface area contributed by atoms with E-state index in [0.717, 1.165) is 116 Å². The van der Waals surface area contributed by atoms with E-state index in [1.54, 1.807) is 0 Å². The van der Waals surface area contributed by atoms with Gasteiger partial charge in [0, 0.05) is 19.3 Å². The number of allylic oxidation sites excluding steroid dienone is 10. The highest BCUT2D eigenvalue weighted by molar-refractivity contribution is 5.74. The SMILES string of the molecule is CC/C=C\C/C=C\C/C=C\CCCCCC(=O)OC(COC(=O)CCCCCCC/C=C\CCCCCCCC)COC1OC(C(=O)O)C(O)C(O)C1OC(=O)CCCCCCC/C=C\CCCC. The molecule has 0 amide bonds. The number of rotatable bonds is 45. The van der Waals surface area contributed by atoms with Crippen molar-refractivity contribution in [2.75, 3.05) is 13.2 Å². The number of unbranched alkanes of at least 4 members (excludes halogenated alkanes) is 21. The Bertz CT molecular complexity index is 1440. The van der Waals surface area contributed by atoms with Gasteiger partial charge in [-0.15, -0.1) is 0 Å². The predicted octanol–water partition coefficient (Wildman–Crippen LogP) is 13.2. The normalized spacial score (nSPS) is 19.1. The van der Waals surface area contributed by atoms with Gasteiger partial charge in [-0.1, -0.05) is 171 Å². The third kappa shape index (κ3) is 36.1. The average Bonchev–Trinajstić information content (AvgIpc) is 3.33. The summed E-state index contributed by atoms with van der Waals surface area (Å²) in [5.74, 6) is -3.18. The zero-order valence-electron chi connectivity index (χ0n) is 43.3. The first-order chi connectivity index (χ1) is 33.6. The number of hydrogen-bond donors (Lipinski definition) is 3.